The number of halogens is 1. The van der Waals surface area contributed by atoms with Gasteiger partial charge in [0.05, 0.1) is 6.54 Å². The molecule has 2 aliphatic rings. The van der Waals surface area contributed by atoms with E-state index in [4.69, 9.17) is 20.8 Å². The molecule has 0 saturated carbocycles. The van der Waals surface area contributed by atoms with E-state index in [0.717, 1.165) is 31.4 Å². The van der Waals surface area contributed by atoms with E-state index in [1.54, 1.807) is 6.07 Å². The van der Waals surface area contributed by atoms with E-state index in [9.17, 15) is 4.79 Å². The van der Waals surface area contributed by atoms with Gasteiger partial charge in [0.1, 0.15) is 11.4 Å². The Labute approximate surface area is 142 Å². The van der Waals surface area contributed by atoms with Gasteiger partial charge in [-0.2, -0.15) is 0 Å². The van der Waals surface area contributed by atoms with Crippen LogP contribution in [0.5, 0.6) is 0 Å². The third-order valence-corrected chi connectivity index (χ3v) is 4.73. The summed E-state index contributed by atoms with van der Waals surface area (Å²) in [5.74, 6) is 0.844. The molecule has 0 aliphatic carbocycles. The summed E-state index contributed by atoms with van der Waals surface area (Å²) in [5, 5.41) is 3.95. The second kappa shape index (κ2) is 6.36. The molecule has 1 N–H and O–H groups in total. The van der Waals surface area contributed by atoms with Crippen LogP contribution in [0.15, 0.2) is 16.5 Å². The van der Waals surface area contributed by atoms with Crippen LogP contribution in [0, 0.1) is 0 Å². The van der Waals surface area contributed by atoms with Crippen molar-refractivity contribution in [2.45, 2.75) is 76.7 Å². The molecule has 2 unspecified atom stereocenters. The lowest BCUT2D eigenvalue weighted by Gasteiger charge is -2.39. The molecule has 0 radical (unpaired) electrons. The number of piperidine rings is 1. The van der Waals surface area contributed by atoms with Gasteiger partial charge in [-0.1, -0.05) is 0 Å². The molecular weight excluding hydrogens is 316 g/mol. The molecule has 2 bridgehead atoms. The molecule has 2 atom stereocenters. The number of amides is 1. The second-order valence-corrected chi connectivity index (χ2v) is 7.90. The number of nitrogens with zero attached hydrogens (tertiary/aromatic N) is 1. The zero-order chi connectivity index (χ0) is 16.6. The Balaban J connectivity index is 1.55. The Morgan fingerprint density at radius 1 is 1.35 bits per heavy atom. The van der Waals surface area contributed by atoms with Crippen molar-refractivity contribution in [3.63, 3.8) is 0 Å². The van der Waals surface area contributed by atoms with Crippen LogP contribution in [-0.4, -0.2) is 34.7 Å². The highest BCUT2D eigenvalue weighted by Crippen LogP contribution is 2.37. The van der Waals surface area contributed by atoms with Gasteiger partial charge in [0, 0.05) is 18.1 Å². The van der Waals surface area contributed by atoms with Gasteiger partial charge in [-0.15, -0.1) is 0 Å². The quantitative estimate of drug-likeness (QED) is 0.905. The molecular formula is C17H25ClN2O3. The molecule has 128 valence electrons. The predicted molar refractivity (Wildman–Crippen MR) is 88.5 cm³/mol. The highest BCUT2D eigenvalue weighted by atomic mass is 35.5. The minimum Gasteiger partial charge on any atom is -0.448 e. The van der Waals surface area contributed by atoms with Crippen LogP contribution in [0.3, 0.4) is 0 Å². The Morgan fingerprint density at radius 2 is 2.00 bits per heavy atom. The number of hydrogen-bond acceptors (Lipinski definition) is 4. The van der Waals surface area contributed by atoms with E-state index in [0.29, 0.717) is 17.8 Å². The summed E-state index contributed by atoms with van der Waals surface area (Å²) in [4.78, 5) is 14.4. The summed E-state index contributed by atoms with van der Waals surface area (Å²) < 4.78 is 10.9. The fraction of sp³-hybridized carbons (Fsp3) is 0.706. The van der Waals surface area contributed by atoms with Gasteiger partial charge >= 0.3 is 6.09 Å². The van der Waals surface area contributed by atoms with Crippen LogP contribution in [-0.2, 0) is 11.3 Å². The number of furan rings is 1. The van der Waals surface area contributed by atoms with Gasteiger partial charge in [0.25, 0.3) is 0 Å². The van der Waals surface area contributed by atoms with E-state index in [1.165, 1.54) is 0 Å². The van der Waals surface area contributed by atoms with E-state index < -0.39 is 5.60 Å². The first-order chi connectivity index (χ1) is 10.8. The summed E-state index contributed by atoms with van der Waals surface area (Å²) >= 11 is 5.79. The third kappa shape index (κ3) is 4.01. The zero-order valence-corrected chi connectivity index (χ0v) is 14.7. The van der Waals surface area contributed by atoms with E-state index in [1.807, 2.05) is 31.7 Å². The fourth-order valence-corrected chi connectivity index (χ4v) is 3.81. The smallest absolute Gasteiger partial charge is 0.410 e. The zero-order valence-electron chi connectivity index (χ0n) is 14.0. The lowest BCUT2D eigenvalue weighted by Crippen LogP contribution is -2.52. The van der Waals surface area contributed by atoms with E-state index >= 15 is 0 Å². The van der Waals surface area contributed by atoms with Gasteiger partial charge in [0.2, 0.25) is 0 Å². The molecule has 0 spiro atoms. The Bertz CT molecular complexity index is 552. The fourth-order valence-electron chi connectivity index (χ4n) is 3.65. The standard InChI is InChI=1S/C17H25ClN2O3/c1-17(2,3)23-16(21)20-12-4-5-13(20)9-11(8-12)19-10-14-6-7-15(18)22-14/h6-7,11-13,19H,4-5,8-10H2,1-3H3. The maximum Gasteiger partial charge on any atom is 0.410 e. The number of carbonyl (C=O) groups is 1. The van der Waals surface area contributed by atoms with Crippen LogP contribution in [0.4, 0.5) is 4.79 Å². The number of nitrogens with one attached hydrogen (secondary N) is 1. The maximum atomic E-state index is 12.4. The average Bonchev–Trinajstić information content (AvgIpc) is 2.96. The average molecular weight is 341 g/mol. The van der Waals surface area contributed by atoms with Gasteiger partial charge in [0.15, 0.2) is 5.22 Å². The van der Waals surface area contributed by atoms with Crippen LogP contribution >= 0.6 is 11.6 Å². The Hall–Kier alpha value is -1.20. The molecule has 1 amide bonds. The molecule has 3 rings (SSSR count). The molecule has 23 heavy (non-hydrogen) atoms. The first kappa shape index (κ1) is 16.7. The highest BCUT2D eigenvalue weighted by molar-refractivity contribution is 6.28. The molecule has 1 aromatic rings. The summed E-state index contributed by atoms with van der Waals surface area (Å²) in [6, 6.07) is 4.60. The van der Waals surface area contributed by atoms with Gasteiger partial charge in [-0.05, 0) is 70.2 Å². The third-order valence-electron chi connectivity index (χ3n) is 4.53. The molecule has 2 fully saturated rings. The van der Waals surface area contributed by atoms with Crippen molar-refractivity contribution in [1.82, 2.24) is 10.2 Å². The number of fused-ring (bicyclic) bond motifs is 2. The minimum absolute atomic E-state index is 0.165. The normalized spacial score (nSPS) is 27.3. The van der Waals surface area contributed by atoms with Gasteiger partial charge in [-0.3, -0.25) is 0 Å². The maximum absolute atomic E-state index is 12.4. The number of rotatable bonds is 3. The molecule has 1 aromatic heterocycles. The van der Waals surface area contributed by atoms with Gasteiger partial charge < -0.3 is 19.4 Å². The lowest BCUT2D eigenvalue weighted by molar-refractivity contribution is 0.00458. The van der Waals surface area contributed by atoms with E-state index in [2.05, 4.69) is 5.32 Å². The Morgan fingerprint density at radius 3 is 2.52 bits per heavy atom. The molecule has 0 aromatic carbocycles. The molecule has 2 saturated heterocycles. The van der Waals surface area contributed by atoms with Crippen molar-refractivity contribution in [3.05, 3.63) is 23.1 Å². The monoisotopic (exact) mass is 340 g/mol. The SMILES string of the molecule is CC(C)(C)OC(=O)N1C2CCC1CC(NCc1ccc(Cl)o1)C2. The summed E-state index contributed by atoms with van der Waals surface area (Å²) in [6.45, 7) is 6.41. The van der Waals surface area contributed by atoms with Crippen molar-refractivity contribution >= 4 is 17.7 Å². The largest absolute Gasteiger partial charge is 0.448 e. The molecule has 2 aliphatic heterocycles. The van der Waals surface area contributed by atoms with Crippen molar-refractivity contribution in [1.29, 1.82) is 0 Å². The van der Waals surface area contributed by atoms with Crippen molar-refractivity contribution in [3.8, 4) is 0 Å². The highest BCUT2D eigenvalue weighted by Gasteiger charge is 2.44. The van der Waals surface area contributed by atoms with Crippen molar-refractivity contribution < 1.29 is 13.9 Å². The minimum atomic E-state index is -0.440. The summed E-state index contributed by atoms with van der Waals surface area (Å²) in [7, 11) is 0. The number of ether oxygens (including phenoxy) is 1. The number of hydrogen-bond donors (Lipinski definition) is 1. The first-order valence-electron chi connectivity index (χ1n) is 8.31. The molecule has 5 nitrogen and oxygen atoms in total. The van der Waals surface area contributed by atoms with Crippen molar-refractivity contribution in [2.24, 2.45) is 0 Å². The second-order valence-electron chi connectivity index (χ2n) is 7.53. The van der Waals surface area contributed by atoms with Gasteiger partial charge in [-0.25, -0.2) is 4.79 Å². The van der Waals surface area contributed by atoms with Crippen LogP contribution < -0.4 is 5.32 Å². The van der Waals surface area contributed by atoms with Crippen molar-refractivity contribution in [2.75, 3.05) is 0 Å². The number of carbonyl (C=O) groups excluding carboxylic acids is 1. The van der Waals surface area contributed by atoms with Crippen LogP contribution in [0.2, 0.25) is 5.22 Å². The first-order valence-corrected chi connectivity index (χ1v) is 8.68. The summed E-state index contributed by atoms with van der Waals surface area (Å²) in [5.41, 5.74) is -0.440. The topological polar surface area (TPSA) is 54.7 Å². The van der Waals surface area contributed by atoms with Crippen LogP contribution in [0.25, 0.3) is 0 Å². The summed E-state index contributed by atoms with van der Waals surface area (Å²) in [6.07, 6.45) is 3.89. The lowest BCUT2D eigenvalue weighted by atomic mass is 9.97. The molecule has 6 heteroatoms. The molecule has 3 heterocycles. The predicted octanol–water partition coefficient (Wildman–Crippen LogP) is 3.95. The van der Waals surface area contributed by atoms with E-state index in [-0.39, 0.29) is 18.2 Å². The van der Waals surface area contributed by atoms with Crippen LogP contribution in [0.1, 0.15) is 52.2 Å². The Kier molecular flexibility index (Phi) is 4.61.